The minimum atomic E-state index is 0.125. The van der Waals surface area contributed by atoms with Crippen LogP contribution in [-0.2, 0) is 0 Å². The van der Waals surface area contributed by atoms with Crippen molar-refractivity contribution in [3.05, 3.63) is 121 Å². The number of nitrogens with zero attached hydrogens (tertiary/aromatic N) is 2. The molecule has 0 radical (unpaired) electrons. The first-order valence-corrected chi connectivity index (χ1v) is 14.4. The molecule has 0 aliphatic carbocycles. The molecule has 0 amide bonds. The van der Waals surface area contributed by atoms with Gasteiger partial charge in [0.1, 0.15) is 11.5 Å². The summed E-state index contributed by atoms with van der Waals surface area (Å²) in [5.74, 6) is 1.92. The molecule has 4 aliphatic rings. The molecule has 0 saturated carbocycles. The Morgan fingerprint density at radius 3 is 1.90 bits per heavy atom. The fraction of sp³-hybridized carbons (Fsp3) is 0. The lowest BCUT2D eigenvalue weighted by molar-refractivity contribution is 0.487. The highest BCUT2D eigenvalue weighted by atomic mass is 16.5. The summed E-state index contributed by atoms with van der Waals surface area (Å²) in [5.41, 5.74) is 15.6. The lowest BCUT2D eigenvalue weighted by atomic mass is 9.30. The Morgan fingerprint density at radius 2 is 1.12 bits per heavy atom. The average Bonchev–Trinajstić information content (AvgIpc) is 3.37. The molecular formula is C36H20B2N2O. The third kappa shape index (κ3) is 2.27. The highest BCUT2D eigenvalue weighted by Gasteiger charge is 2.49. The lowest BCUT2D eigenvalue weighted by Crippen LogP contribution is -2.66. The molecule has 0 spiro atoms. The van der Waals surface area contributed by atoms with Gasteiger partial charge in [0.25, 0.3) is 13.4 Å². The molecule has 0 saturated heterocycles. The van der Waals surface area contributed by atoms with Crippen molar-refractivity contribution in [2.24, 2.45) is 0 Å². The molecule has 3 nitrogen and oxygen atoms in total. The summed E-state index contributed by atoms with van der Waals surface area (Å²) in [6.45, 7) is 0.265. The SMILES string of the molecule is c1ccc(N2c3ccccc3B3c4c2cc2c5c4-n4c6c(cccc6c6cccc3c64)B5c3ccccc3O2)cc1. The molecule has 0 unspecified atom stereocenters. The molecule has 5 heterocycles. The first-order valence-electron chi connectivity index (χ1n) is 14.4. The monoisotopic (exact) mass is 518 g/mol. The smallest absolute Gasteiger partial charge is 0.256 e. The lowest BCUT2D eigenvalue weighted by Gasteiger charge is -2.44. The molecule has 0 N–H and O–H groups in total. The Balaban J connectivity index is 1.41. The highest BCUT2D eigenvalue weighted by Crippen LogP contribution is 2.44. The summed E-state index contributed by atoms with van der Waals surface area (Å²) in [4.78, 5) is 2.45. The molecule has 4 aliphatic heterocycles. The van der Waals surface area contributed by atoms with Gasteiger partial charge in [-0.15, -0.1) is 0 Å². The van der Waals surface area contributed by atoms with Gasteiger partial charge in [-0.25, -0.2) is 0 Å². The van der Waals surface area contributed by atoms with Crippen molar-refractivity contribution in [2.75, 3.05) is 4.90 Å². The maximum absolute atomic E-state index is 6.83. The highest BCUT2D eigenvalue weighted by molar-refractivity contribution is 7.04. The van der Waals surface area contributed by atoms with Gasteiger partial charge in [0.2, 0.25) is 0 Å². The van der Waals surface area contributed by atoms with Gasteiger partial charge in [0.05, 0.1) is 0 Å². The number of aromatic nitrogens is 1. The Bertz CT molecular complexity index is 2300. The summed E-state index contributed by atoms with van der Waals surface area (Å²) in [7, 11) is 0. The Morgan fingerprint density at radius 1 is 0.488 bits per heavy atom. The predicted octanol–water partition coefficient (Wildman–Crippen LogP) is 4.33. The van der Waals surface area contributed by atoms with E-state index in [1.54, 1.807) is 0 Å². The second kappa shape index (κ2) is 6.94. The fourth-order valence-electron chi connectivity index (χ4n) is 8.40. The van der Waals surface area contributed by atoms with Crippen LogP contribution in [0.15, 0.2) is 121 Å². The van der Waals surface area contributed by atoms with Crippen molar-refractivity contribution in [3.8, 4) is 17.2 Å². The molecule has 0 atom stereocenters. The van der Waals surface area contributed by atoms with Gasteiger partial charge in [0, 0.05) is 50.6 Å². The van der Waals surface area contributed by atoms with Crippen LogP contribution in [0.1, 0.15) is 0 Å². The zero-order chi connectivity index (χ0) is 26.4. The number of ether oxygens (including phenoxy) is 1. The van der Waals surface area contributed by atoms with Gasteiger partial charge < -0.3 is 14.2 Å². The standard InChI is InChI=1S/C36H20B2N2O/c1-2-10-21(11-3-1)39-28-18-6-4-14-24(28)37-26-16-8-12-22-23-13-9-17-27-35(23)40(34(22)26)36-32(37)29(39)20-31-33(36)38(27)25-15-5-7-19-30(25)41-31/h1-20H. The van der Waals surface area contributed by atoms with Gasteiger partial charge in [0.15, 0.2) is 0 Å². The van der Waals surface area contributed by atoms with Crippen LogP contribution in [0.25, 0.3) is 27.5 Å². The number of rotatable bonds is 1. The number of hydrogen-bond donors (Lipinski definition) is 0. The quantitative estimate of drug-likeness (QED) is 0.301. The molecule has 5 heteroatoms. The van der Waals surface area contributed by atoms with Crippen molar-refractivity contribution in [1.29, 1.82) is 0 Å². The van der Waals surface area contributed by atoms with Crippen LogP contribution in [0.3, 0.4) is 0 Å². The molecule has 11 rings (SSSR count). The van der Waals surface area contributed by atoms with E-state index in [0.717, 1.165) is 17.2 Å². The van der Waals surface area contributed by atoms with Crippen LogP contribution in [0.5, 0.6) is 11.5 Å². The molecular weight excluding hydrogens is 498 g/mol. The van der Waals surface area contributed by atoms with Gasteiger partial charge >= 0.3 is 0 Å². The molecule has 7 aromatic rings. The van der Waals surface area contributed by atoms with Gasteiger partial charge in [-0.2, -0.15) is 0 Å². The second-order valence-corrected chi connectivity index (χ2v) is 11.6. The minimum absolute atomic E-state index is 0.125. The van der Waals surface area contributed by atoms with Crippen LogP contribution < -0.4 is 42.4 Å². The number of hydrogen-bond acceptors (Lipinski definition) is 2. The van der Waals surface area contributed by atoms with E-state index in [2.05, 4.69) is 131 Å². The van der Waals surface area contributed by atoms with Crippen molar-refractivity contribution < 1.29 is 4.74 Å². The van der Waals surface area contributed by atoms with Crippen molar-refractivity contribution in [2.45, 2.75) is 0 Å². The normalized spacial score (nSPS) is 14.4. The van der Waals surface area contributed by atoms with Crippen LogP contribution in [0, 0.1) is 0 Å². The van der Waals surface area contributed by atoms with E-state index in [9.17, 15) is 0 Å². The predicted molar refractivity (Wildman–Crippen MR) is 171 cm³/mol. The molecule has 186 valence electrons. The number of benzene rings is 6. The van der Waals surface area contributed by atoms with E-state index in [1.165, 1.54) is 71.6 Å². The Hall–Kier alpha value is -5.15. The van der Waals surface area contributed by atoms with Crippen molar-refractivity contribution in [3.63, 3.8) is 0 Å². The van der Waals surface area contributed by atoms with Gasteiger partial charge in [-0.3, -0.25) is 0 Å². The summed E-state index contributed by atoms with van der Waals surface area (Å²) >= 11 is 0. The first-order chi connectivity index (χ1) is 20.4. The van der Waals surface area contributed by atoms with E-state index < -0.39 is 0 Å². The average molecular weight is 518 g/mol. The maximum atomic E-state index is 6.83. The first kappa shape index (κ1) is 20.7. The van der Waals surface area contributed by atoms with Crippen LogP contribution in [0.2, 0.25) is 0 Å². The Kier molecular flexibility index (Phi) is 3.51. The van der Waals surface area contributed by atoms with Crippen LogP contribution in [0.4, 0.5) is 17.1 Å². The fourth-order valence-corrected chi connectivity index (χ4v) is 8.40. The molecule has 1 aromatic heterocycles. The minimum Gasteiger partial charge on any atom is -0.458 e. The summed E-state index contributed by atoms with van der Waals surface area (Å²) in [6.07, 6.45) is 0. The van der Waals surface area contributed by atoms with Gasteiger partial charge in [-0.1, -0.05) is 91.0 Å². The van der Waals surface area contributed by atoms with E-state index in [0.29, 0.717) is 0 Å². The third-order valence-corrected chi connectivity index (χ3v) is 9.81. The van der Waals surface area contributed by atoms with E-state index in [-0.39, 0.29) is 13.4 Å². The zero-order valence-electron chi connectivity index (χ0n) is 22.0. The van der Waals surface area contributed by atoms with E-state index in [1.807, 2.05) is 0 Å². The summed E-state index contributed by atoms with van der Waals surface area (Å²) in [5, 5.41) is 2.67. The molecule has 0 bridgehead atoms. The van der Waals surface area contributed by atoms with E-state index in [4.69, 9.17) is 4.74 Å². The second-order valence-electron chi connectivity index (χ2n) is 11.6. The topological polar surface area (TPSA) is 17.4 Å². The molecule has 0 fully saturated rings. The van der Waals surface area contributed by atoms with Crippen molar-refractivity contribution >= 4 is 85.1 Å². The summed E-state index contributed by atoms with van der Waals surface area (Å²) in [6, 6.07) is 44.5. The molecule has 41 heavy (non-hydrogen) atoms. The third-order valence-electron chi connectivity index (χ3n) is 9.81. The van der Waals surface area contributed by atoms with E-state index >= 15 is 0 Å². The summed E-state index contributed by atoms with van der Waals surface area (Å²) < 4.78 is 9.43. The van der Waals surface area contributed by atoms with Gasteiger partial charge in [-0.05, 0) is 57.0 Å². The van der Waals surface area contributed by atoms with Crippen molar-refractivity contribution in [1.82, 2.24) is 4.57 Å². The largest absolute Gasteiger partial charge is 0.458 e. The number of fused-ring (bicyclic) bond motifs is 7. The number of anilines is 3. The van der Waals surface area contributed by atoms with Crippen LogP contribution in [-0.4, -0.2) is 18.0 Å². The zero-order valence-corrected chi connectivity index (χ0v) is 22.0. The Labute approximate surface area is 237 Å². The van der Waals surface area contributed by atoms with Crippen LogP contribution >= 0.6 is 0 Å². The number of para-hydroxylation sites is 5. The molecule has 6 aromatic carbocycles. The maximum Gasteiger partial charge on any atom is 0.256 e.